The molecule has 3 rings (SSSR count). The molecule has 0 saturated carbocycles. The van der Waals surface area contributed by atoms with Crippen LogP contribution in [0.25, 0.3) is 0 Å². The number of nitrogens with zero attached hydrogens (tertiary/aromatic N) is 3. The van der Waals surface area contributed by atoms with Crippen molar-refractivity contribution in [3.8, 4) is 6.07 Å². The van der Waals surface area contributed by atoms with Gasteiger partial charge >= 0.3 is 6.09 Å². The Hall–Kier alpha value is -2.00. The van der Waals surface area contributed by atoms with Gasteiger partial charge in [-0.05, 0) is 46.7 Å². The maximum atomic E-state index is 12.3. The van der Waals surface area contributed by atoms with Crippen molar-refractivity contribution >= 4 is 6.09 Å². The molecule has 0 bridgehead atoms. The summed E-state index contributed by atoms with van der Waals surface area (Å²) >= 11 is 0. The second-order valence-corrected chi connectivity index (χ2v) is 7.68. The summed E-state index contributed by atoms with van der Waals surface area (Å²) in [4.78, 5) is 19.8. The zero-order valence-electron chi connectivity index (χ0n) is 14.8. The fourth-order valence-corrected chi connectivity index (χ4v) is 3.46. The lowest BCUT2D eigenvalue weighted by Gasteiger charge is -2.30. The number of carbonyl (C=O) groups excluding carboxylic acids is 1. The number of hydrogen-bond acceptors (Lipinski definition) is 4. The van der Waals surface area contributed by atoms with Gasteiger partial charge in [0.1, 0.15) is 11.7 Å². The molecular weight excluding hydrogens is 304 g/mol. The van der Waals surface area contributed by atoms with Crippen molar-refractivity contribution in [3.05, 3.63) is 22.5 Å². The number of fused-ring (bicyclic) bond motifs is 1. The van der Waals surface area contributed by atoms with Crippen LogP contribution in [0.3, 0.4) is 0 Å². The zero-order valence-corrected chi connectivity index (χ0v) is 14.8. The van der Waals surface area contributed by atoms with E-state index in [1.165, 1.54) is 12.8 Å². The molecule has 3 heterocycles. The highest BCUT2D eigenvalue weighted by Gasteiger charge is 2.30. The molecule has 2 aliphatic heterocycles. The second-order valence-electron chi connectivity index (χ2n) is 7.68. The lowest BCUT2D eigenvalue weighted by atomic mass is 10.0. The lowest BCUT2D eigenvalue weighted by molar-refractivity contribution is 0.0223. The molecular formula is C18H26N4O2. The van der Waals surface area contributed by atoms with Gasteiger partial charge in [-0.3, -0.25) is 4.90 Å². The molecule has 1 aromatic rings. The van der Waals surface area contributed by atoms with Crippen molar-refractivity contribution in [1.29, 1.82) is 5.26 Å². The number of nitrogens with one attached hydrogen (secondary N) is 1. The highest BCUT2D eigenvalue weighted by molar-refractivity contribution is 5.69. The van der Waals surface area contributed by atoms with E-state index in [1.807, 2.05) is 20.8 Å². The summed E-state index contributed by atoms with van der Waals surface area (Å²) in [5.74, 6) is 0. The number of rotatable bonds is 2. The summed E-state index contributed by atoms with van der Waals surface area (Å²) in [7, 11) is 0. The number of aromatic nitrogens is 1. The van der Waals surface area contributed by atoms with Gasteiger partial charge in [0.25, 0.3) is 0 Å². The van der Waals surface area contributed by atoms with Gasteiger partial charge in [-0.15, -0.1) is 0 Å². The fourth-order valence-electron chi connectivity index (χ4n) is 3.46. The number of aromatic amines is 1. The van der Waals surface area contributed by atoms with Crippen LogP contribution in [0.2, 0.25) is 0 Å². The lowest BCUT2D eigenvalue weighted by Crippen LogP contribution is -2.39. The number of amides is 1. The van der Waals surface area contributed by atoms with Crippen LogP contribution < -0.4 is 0 Å². The highest BCUT2D eigenvalue weighted by Crippen LogP contribution is 2.27. The maximum absolute atomic E-state index is 12.3. The quantitative estimate of drug-likeness (QED) is 0.905. The van der Waals surface area contributed by atoms with Crippen LogP contribution in [0, 0.1) is 11.3 Å². The van der Waals surface area contributed by atoms with Gasteiger partial charge in [0.2, 0.25) is 0 Å². The third-order valence-electron chi connectivity index (χ3n) is 4.59. The van der Waals surface area contributed by atoms with Gasteiger partial charge in [-0.25, -0.2) is 4.79 Å². The summed E-state index contributed by atoms with van der Waals surface area (Å²) in [6, 6.07) is 2.35. The molecule has 0 aliphatic carbocycles. The van der Waals surface area contributed by atoms with Crippen LogP contribution in [0.15, 0.2) is 0 Å². The van der Waals surface area contributed by atoms with Crippen LogP contribution in [0.1, 0.15) is 56.1 Å². The van der Waals surface area contributed by atoms with Gasteiger partial charge in [-0.1, -0.05) is 0 Å². The first-order valence-corrected chi connectivity index (χ1v) is 8.70. The first-order valence-electron chi connectivity index (χ1n) is 8.70. The molecule has 0 spiro atoms. The molecule has 1 N–H and O–H groups in total. The molecule has 2 aliphatic rings. The molecule has 24 heavy (non-hydrogen) atoms. The minimum atomic E-state index is -0.505. The second kappa shape index (κ2) is 6.48. The maximum Gasteiger partial charge on any atom is 0.410 e. The SMILES string of the molecule is CC(C)(C)OC(=O)N1CCc2[nH]c(CN3CCCC3)c(C#N)c2C1. The predicted molar refractivity (Wildman–Crippen MR) is 90.4 cm³/mol. The average molecular weight is 330 g/mol. The number of likely N-dealkylation sites (tertiary alicyclic amines) is 1. The Kier molecular flexibility index (Phi) is 4.55. The van der Waals surface area contributed by atoms with Gasteiger partial charge in [0, 0.05) is 36.5 Å². The van der Waals surface area contributed by atoms with E-state index in [0.29, 0.717) is 18.7 Å². The van der Waals surface area contributed by atoms with E-state index in [1.54, 1.807) is 4.90 Å². The Bertz CT molecular complexity index is 660. The summed E-state index contributed by atoms with van der Waals surface area (Å²) in [6.07, 6.45) is 2.89. The zero-order chi connectivity index (χ0) is 17.3. The van der Waals surface area contributed by atoms with Gasteiger partial charge in [-0.2, -0.15) is 5.26 Å². The Morgan fingerprint density at radius 2 is 2.00 bits per heavy atom. The Labute approximate surface area is 143 Å². The summed E-state index contributed by atoms with van der Waals surface area (Å²) in [5, 5.41) is 9.63. The molecule has 6 nitrogen and oxygen atoms in total. The third-order valence-corrected chi connectivity index (χ3v) is 4.59. The number of ether oxygens (including phenoxy) is 1. The molecule has 0 unspecified atom stereocenters. The van der Waals surface area contributed by atoms with Crippen LogP contribution in [-0.4, -0.2) is 46.1 Å². The molecule has 0 atom stereocenters. The molecule has 1 saturated heterocycles. The largest absolute Gasteiger partial charge is 0.444 e. The summed E-state index contributed by atoms with van der Waals surface area (Å²) in [5.41, 5.74) is 3.26. The van der Waals surface area contributed by atoms with E-state index < -0.39 is 5.60 Å². The van der Waals surface area contributed by atoms with Crippen molar-refractivity contribution in [3.63, 3.8) is 0 Å². The summed E-state index contributed by atoms with van der Waals surface area (Å²) < 4.78 is 5.47. The van der Waals surface area contributed by atoms with Crippen molar-refractivity contribution < 1.29 is 9.53 Å². The standard InChI is InChI=1S/C18H26N4O2/c1-18(2,3)24-17(23)22-9-6-15-14(11-22)13(10-19)16(20-15)12-21-7-4-5-8-21/h20H,4-9,11-12H2,1-3H3. The Balaban J connectivity index is 1.77. The van der Waals surface area contributed by atoms with Crippen molar-refractivity contribution in [2.45, 2.75) is 58.7 Å². The van der Waals surface area contributed by atoms with Crippen molar-refractivity contribution in [2.75, 3.05) is 19.6 Å². The van der Waals surface area contributed by atoms with E-state index in [4.69, 9.17) is 4.74 Å². The predicted octanol–water partition coefficient (Wildman–Crippen LogP) is 2.78. The normalized spacial score (nSPS) is 18.3. The van der Waals surface area contributed by atoms with Crippen molar-refractivity contribution in [1.82, 2.24) is 14.8 Å². The van der Waals surface area contributed by atoms with Crippen molar-refractivity contribution in [2.24, 2.45) is 0 Å². The van der Waals surface area contributed by atoms with Crippen LogP contribution in [-0.2, 0) is 24.2 Å². The van der Waals surface area contributed by atoms with Gasteiger partial charge in [0.15, 0.2) is 0 Å². The van der Waals surface area contributed by atoms with Crippen LogP contribution >= 0.6 is 0 Å². The minimum absolute atomic E-state index is 0.306. The summed E-state index contributed by atoms with van der Waals surface area (Å²) in [6.45, 7) is 9.65. The smallest absolute Gasteiger partial charge is 0.410 e. The minimum Gasteiger partial charge on any atom is -0.444 e. The van der Waals surface area contributed by atoms with Crippen LogP contribution in [0.5, 0.6) is 0 Å². The first-order chi connectivity index (χ1) is 11.4. The average Bonchev–Trinajstić information content (AvgIpc) is 3.11. The first kappa shape index (κ1) is 16.8. The van der Waals surface area contributed by atoms with E-state index in [9.17, 15) is 10.1 Å². The van der Waals surface area contributed by atoms with E-state index >= 15 is 0 Å². The van der Waals surface area contributed by atoms with E-state index in [0.717, 1.165) is 43.0 Å². The van der Waals surface area contributed by atoms with Crippen LogP contribution in [0.4, 0.5) is 4.79 Å². The monoisotopic (exact) mass is 330 g/mol. The molecule has 1 amide bonds. The fraction of sp³-hybridized carbons (Fsp3) is 0.667. The van der Waals surface area contributed by atoms with E-state index in [-0.39, 0.29) is 6.09 Å². The molecule has 130 valence electrons. The molecule has 0 aromatic carbocycles. The van der Waals surface area contributed by atoms with Gasteiger partial charge in [0.05, 0.1) is 12.1 Å². The number of H-pyrrole nitrogens is 1. The number of hydrogen-bond donors (Lipinski definition) is 1. The Morgan fingerprint density at radius 3 is 2.62 bits per heavy atom. The Morgan fingerprint density at radius 1 is 1.29 bits per heavy atom. The topological polar surface area (TPSA) is 72.4 Å². The number of nitriles is 1. The molecule has 1 fully saturated rings. The molecule has 0 radical (unpaired) electrons. The van der Waals surface area contributed by atoms with E-state index in [2.05, 4.69) is 16.0 Å². The molecule has 1 aromatic heterocycles. The highest BCUT2D eigenvalue weighted by atomic mass is 16.6. The third kappa shape index (κ3) is 3.57. The molecule has 6 heteroatoms. The van der Waals surface area contributed by atoms with Gasteiger partial charge < -0.3 is 14.6 Å². The number of carbonyl (C=O) groups is 1.